The second-order valence-corrected chi connectivity index (χ2v) is 6.70. The average Bonchev–Trinajstić information content (AvgIpc) is 2.28. The van der Waals surface area contributed by atoms with E-state index in [4.69, 9.17) is 0 Å². The molecule has 4 heteroatoms. The second-order valence-electron chi connectivity index (χ2n) is 4.31. The lowest BCUT2D eigenvalue weighted by molar-refractivity contribution is 0.554. The minimum absolute atomic E-state index is 0.208. The number of rotatable bonds is 3. The first kappa shape index (κ1) is 11.5. The zero-order valence-corrected chi connectivity index (χ0v) is 10.3. The van der Waals surface area contributed by atoms with Gasteiger partial charge in [0, 0.05) is 18.0 Å². The van der Waals surface area contributed by atoms with Crippen LogP contribution in [0.4, 0.5) is 5.69 Å². The van der Waals surface area contributed by atoms with E-state index in [0.29, 0.717) is 5.75 Å². The Kier molecular flexibility index (Phi) is 3.19. The van der Waals surface area contributed by atoms with Crippen LogP contribution in [0.3, 0.4) is 0 Å². The third-order valence-corrected chi connectivity index (χ3v) is 4.90. The monoisotopic (exact) mass is 239 g/mol. The van der Waals surface area contributed by atoms with E-state index >= 15 is 0 Å². The number of nitrogens with one attached hydrogen (secondary N) is 1. The van der Waals surface area contributed by atoms with Gasteiger partial charge in [-0.05, 0) is 24.0 Å². The van der Waals surface area contributed by atoms with Gasteiger partial charge in [0.05, 0.1) is 5.75 Å². The number of anilines is 1. The molecule has 0 spiro atoms. The van der Waals surface area contributed by atoms with Crippen molar-refractivity contribution in [2.75, 3.05) is 23.4 Å². The molecule has 0 saturated carbocycles. The summed E-state index contributed by atoms with van der Waals surface area (Å²) >= 11 is 0. The summed E-state index contributed by atoms with van der Waals surface area (Å²) in [5, 5.41) is 3.29. The molecule has 2 rings (SSSR count). The highest BCUT2D eigenvalue weighted by Gasteiger charge is 2.22. The Morgan fingerprint density at radius 3 is 2.88 bits per heavy atom. The van der Waals surface area contributed by atoms with E-state index in [2.05, 4.69) is 11.4 Å². The molecule has 0 aliphatic carbocycles. The largest absolute Gasteiger partial charge is 0.384 e. The molecular formula is C12H17NO2S. The predicted octanol–water partition coefficient (Wildman–Crippen LogP) is 1.71. The summed E-state index contributed by atoms with van der Waals surface area (Å²) in [5.74, 6) is 0.746. The van der Waals surface area contributed by atoms with Crippen LogP contribution in [0.2, 0.25) is 0 Å². The van der Waals surface area contributed by atoms with Gasteiger partial charge in [-0.15, -0.1) is 0 Å². The third-order valence-electron chi connectivity index (χ3n) is 3.04. The SMILES string of the molecule is CCS(=O)(=O)CC1CNc2ccccc2C1. The molecule has 1 heterocycles. The van der Waals surface area contributed by atoms with E-state index in [9.17, 15) is 8.42 Å². The highest BCUT2D eigenvalue weighted by Crippen LogP contribution is 2.24. The summed E-state index contributed by atoms with van der Waals surface area (Å²) in [6.07, 6.45) is 0.863. The number of hydrogen-bond donors (Lipinski definition) is 1. The summed E-state index contributed by atoms with van der Waals surface area (Å²) in [6.45, 7) is 2.47. The summed E-state index contributed by atoms with van der Waals surface area (Å²) in [6, 6.07) is 8.10. The Morgan fingerprint density at radius 2 is 2.12 bits per heavy atom. The molecule has 88 valence electrons. The molecule has 1 aliphatic heterocycles. The first-order chi connectivity index (χ1) is 7.61. The maximum absolute atomic E-state index is 11.6. The molecule has 1 unspecified atom stereocenters. The molecule has 0 bridgehead atoms. The molecule has 1 aromatic carbocycles. The Morgan fingerprint density at radius 1 is 1.38 bits per heavy atom. The Bertz CT molecular complexity index is 468. The van der Waals surface area contributed by atoms with Crippen LogP contribution in [0.1, 0.15) is 12.5 Å². The van der Waals surface area contributed by atoms with Crippen LogP contribution in [-0.2, 0) is 16.3 Å². The van der Waals surface area contributed by atoms with E-state index in [1.165, 1.54) is 5.56 Å². The fraction of sp³-hybridized carbons (Fsp3) is 0.500. The van der Waals surface area contributed by atoms with Gasteiger partial charge in [0.1, 0.15) is 9.84 Å². The summed E-state index contributed by atoms with van der Waals surface area (Å²) in [7, 11) is -2.86. The number of benzene rings is 1. The van der Waals surface area contributed by atoms with Gasteiger partial charge in [0.25, 0.3) is 0 Å². The van der Waals surface area contributed by atoms with Crippen molar-refractivity contribution in [3.8, 4) is 0 Å². The van der Waals surface area contributed by atoms with Crippen LogP contribution >= 0.6 is 0 Å². The van der Waals surface area contributed by atoms with Gasteiger partial charge in [0.15, 0.2) is 0 Å². The highest BCUT2D eigenvalue weighted by molar-refractivity contribution is 7.91. The van der Waals surface area contributed by atoms with Crippen LogP contribution in [0.25, 0.3) is 0 Å². The number of sulfone groups is 1. The number of para-hydroxylation sites is 1. The van der Waals surface area contributed by atoms with Crippen molar-refractivity contribution in [3.05, 3.63) is 29.8 Å². The van der Waals surface area contributed by atoms with E-state index < -0.39 is 9.84 Å². The van der Waals surface area contributed by atoms with Crippen molar-refractivity contribution < 1.29 is 8.42 Å². The van der Waals surface area contributed by atoms with Gasteiger partial charge >= 0.3 is 0 Å². The summed E-state index contributed by atoms with van der Waals surface area (Å²) in [4.78, 5) is 0. The minimum Gasteiger partial charge on any atom is -0.384 e. The van der Waals surface area contributed by atoms with Crippen molar-refractivity contribution in [3.63, 3.8) is 0 Å². The number of fused-ring (bicyclic) bond motifs is 1. The van der Waals surface area contributed by atoms with Gasteiger partial charge in [-0.3, -0.25) is 0 Å². The quantitative estimate of drug-likeness (QED) is 0.873. The molecule has 1 aliphatic rings. The molecule has 16 heavy (non-hydrogen) atoms. The first-order valence-corrected chi connectivity index (χ1v) is 7.45. The normalized spacial score (nSPS) is 19.9. The molecule has 1 N–H and O–H groups in total. The zero-order chi connectivity index (χ0) is 11.6. The predicted molar refractivity (Wildman–Crippen MR) is 66.5 cm³/mol. The molecule has 0 aromatic heterocycles. The number of hydrogen-bond acceptors (Lipinski definition) is 3. The molecule has 3 nitrogen and oxygen atoms in total. The Labute approximate surface area is 96.8 Å². The maximum Gasteiger partial charge on any atom is 0.150 e. The lowest BCUT2D eigenvalue weighted by atomic mass is 9.95. The van der Waals surface area contributed by atoms with E-state index in [1.54, 1.807) is 6.92 Å². The third kappa shape index (κ3) is 2.55. The molecule has 0 radical (unpaired) electrons. The van der Waals surface area contributed by atoms with Crippen molar-refractivity contribution in [1.29, 1.82) is 0 Å². The molecule has 0 amide bonds. The summed E-state index contributed by atoms with van der Waals surface area (Å²) < 4.78 is 23.1. The van der Waals surface area contributed by atoms with Gasteiger partial charge in [-0.1, -0.05) is 25.1 Å². The smallest absolute Gasteiger partial charge is 0.150 e. The molecular weight excluding hydrogens is 222 g/mol. The van der Waals surface area contributed by atoms with Crippen LogP contribution in [0.5, 0.6) is 0 Å². The van der Waals surface area contributed by atoms with Crippen LogP contribution in [-0.4, -0.2) is 26.5 Å². The summed E-state index contributed by atoms with van der Waals surface area (Å²) in [5.41, 5.74) is 2.37. The van der Waals surface area contributed by atoms with Crippen LogP contribution in [0, 0.1) is 5.92 Å². The van der Waals surface area contributed by atoms with Crippen molar-refractivity contribution in [2.24, 2.45) is 5.92 Å². The highest BCUT2D eigenvalue weighted by atomic mass is 32.2. The van der Waals surface area contributed by atoms with E-state index in [0.717, 1.165) is 18.7 Å². The van der Waals surface area contributed by atoms with Crippen molar-refractivity contribution in [1.82, 2.24) is 0 Å². The van der Waals surface area contributed by atoms with Gasteiger partial charge < -0.3 is 5.32 Å². The van der Waals surface area contributed by atoms with Crippen LogP contribution < -0.4 is 5.32 Å². The molecule has 0 fully saturated rings. The second kappa shape index (κ2) is 4.45. The lowest BCUT2D eigenvalue weighted by Gasteiger charge is -2.25. The van der Waals surface area contributed by atoms with Crippen LogP contribution in [0.15, 0.2) is 24.3 Å². The molecule has 1 atom stereocenters. The zero-order valence-electron chi connectivity index (χ0n) is 9.44. The van der Waals surface area contributed by atoms with Gasteiger partial charge in [0.2, 0.25) is 0 Å². The van der Waals surface area contributed by atoms with Crippen molar-refractivity contribution >= 4 is 15.5 Å². The van der Waals surface area contributed by atoms with E-state index in [1.807, 2.05) is 18.2 Å². The Hall–Kier alpha value is -1.03. The molecule has 0 saturated heterocycles. The fourth-order valence-corrected chi connectivity index (χ4v) is 3.29. The average molecular weight is 239 g/mol. The Balaban J connectivity index is 2.09. The topological polar surface area (TPSA) is 46.2 Å². The standard InChI is InChI=1S/C12H17NO2S/c1-2-16(14,15)9-10-7-11-5-3-4-6-12(11)13-8-10/h3-6,10,13H,2,7-9H2,1H3. The van der Waals surface area contributed by atoms with E-state index in [-0.39, 0.29) is 11.7 Å². The van der Waals surface area contributed by atoms with Gasteiger partial charge in [-0.2, -0.15) is 0 Å². The minimum atomic E-state index is -2.86. The lowest BCUT2D eigenvalue weighted by Crippen LogP contribution is -2.29. The first-order valence-electron chi connectivity index (χ1n) is 5.63. The maximum atomic E-state index is 11.6. The fourth-order valence-electron chi connectivity index (χ4n) is 2.10. The molecule has 1 aromatic rings. The van der Waals surface area contributed by atoms with Crippen molar-refractivity contribution in [2.45, 2.75) is 13.3 Å². The van der Waals surface area contributed by atoms with Gasteiger partial charge in [-0.25, -0.2) is 8.42 Å².